The van der Waals surface area contributed by atoms with Crippen LogP contribution in [0.1, 0.15) is 24.2 Å². The summed E-state index contributed by atoms with van der Waals surface area (Å²) < 4.78 is 12.7. The summed E-state index contributed by atoms with van der Waals surface area (Å²) in [6, 6.07) is 5.62. The molecule has 3 rings (SSSR count). The van der Waals surface area contributed by atoms with E-state index < -0.39 is 5.60 Å². The molecule has 0 bridgehead atoms. The first-order chi connectivity index (χ1) is 11.5. The molecule has 1 aliphatic heterocycles. The molecule has 1 fully saturated rings. The Morgan fingerprint density at radius 1 is 1.12 bits per heavy atom. The van der Waals surface area contributed by atoms with E-state index in [9.17, 15) is 5.11 Å². The predicted octanol–water partition coefficient (Wildman–Crippen LogP) is 1.92. The highest BCUT2D eigenvalue weighted by Crippen LogP contribution is 2.37. The maximum atomic E-state index is 11.1. The summed E-state index contributed by atoms with van der Waals surface area (Å²) in [5.41, 5.74) is 0.00953. The molecule has 1 aliphatic rings. The number of imidazole rings is 1. The molecule has 24 heavy (non-hydrogen) atoms. The smallest absolute Gasteiger partial charge is 0.122 e. The van der Waals surface area contributed by atoms with Crippen molar-refractivity contribution in [3.05, 3.63) is 42.0 Å². The predicted molar refractivity (Wildman–Crippen MR) is 91.2 cm³/mol. The van der Waals surface area contributed by atoms with Gasteiger partial charge in [0.1, 0.15) is 17.3 Å². The van der Waals surface area contributed by atoms with Gasteiger partial charge in [-0.15, -0.1) is 0 Å². The van der Waals surface area contributed by atoms with E-state index in [1.807, 2.05) is 42.2 Å². The Morgan fingerprint density at radius 3 is 2.25 bits per heavy atom. The number of benzene rings is 1. The van der Waals surface area contributed by atoms with Gasteiger partial charge in [0.05, 0.1) is 26.4 Å². The van der Waals surface area contributed by atoms with Gasteiger partial charge in [-0.25, -0.2) is 4.98 Å². The number of nitrogens with zero attached hydrogens (tertiary/aromatic N) is 3. The molecular weight excluding hydrogens is 306 g/mol. The lowest BCUT2D eigenvalue weighted by atomic mass is 9.84. The molecule has 0 aliphatic carbocycles. The van der Waals surface area contributed by atoms with Crippen molar-refractivity contribution < 1.29 is 14.6 Å². The summed E-state index contributed by atoms with van der Waals surface area (Å²) in [7, 11) is 5.25. The van der Waals surface area contributed by atoms with Crippen LogP contribution in [0, 0.1) is 0 Å². The average Bonchev–Trinajstić information content (AvgIpc) is 3.01. The zero-order valence-electron chi connectivity index (χ0n) is 14.5. The topological polar surface area (TPSA) is 59.8 Å². The summed E-state index contributed by atoms with van der Waals surface area (Å²) in [5, 5.41) is 11.1. The molecule has 1 aromatic carbocycles. The van der Waals surface area contributed by atoms with Crippen LogP contribution in [-0.2, 0) is 19.2 Å². The number of aliphatic hydroxyl groups is 1. The molecule has 1 N–H and O–H groups in total. The van der Waals surface area contributed by atoms with Crippen LogP contribution in [0.25, 0.3) is 0 Å². The molecule has 0 saturated carbocycles. The maximum absolute atomic E-state index is 11.1. The fraction of sp³-hybridized carbons (Fsp3) is 0.500. The number of ether oxygens (including phenoxy) is 2. The van der Waals surface area contributed by atoms with E-state index in [-0.39, 0.29) is 0 Å². The highest BCUT2D eigenvalue weighted by atomic mass is 16.5. The largest absolute Gasteiger partial charge is 0.497 e. The lowest BCUT2D eigenvalue weighted by Gasteiger charge is -2.38. The van der Waals surface area contributed by atoms with Crippen molar-refractivity contribution in [3.8, 4) is 11.5 Å². The maximum Gasteiger partial charge on any atom is 0.122 e. The molecule has 2 heterocycles. The molecule has 0 radical (unpaired) electrons. The summed E-state index contributed by atoms with van der Waals surface area (Å²) in [6.45, 7) is 2.45. The van der Waals surface area contributed by atoms with E-state index in [0.29, 0.717) is 24.3 Å². The van der Waals surface area contributed by atoms with Crippen LogP contribution >= 0.6 is 0 Å². The van der Waals surface area contributed by atoms with Crippen LogP contribution in [0.4, 0.5) is 0 Å². The van der Waals surface area contributed by atoms with Gasteiger partial charge in [-0.05, 0) is 30.5 Å². The number of hydrogen-bond donors (Lipinski definition) is 1. The standard InChI is InChI=1S/C18H25N3O3/c1-20-9-6-19-17(20)13-21-7-4-18(22,5-8-21)14-10-15(23-2)12-16(11-14)24-3/h6,9-12,22H,4-5,7-8,13H2,1-3H3. The number of hydrogen-bond acceptors (Lipinski definition) is 5. The lowest BCUT2D eigenvalue weighted by molar-refractivity contribution is -0.0286. The van der Waals surface area contributed by atoms with Crippen LogP contribution in [0.15, 0.2) is 30.6 Å². The Kier molecular flexibility index (Phi) is 4.78. The minimum absolute atomic E-state index is 0.674. The third-order valence-corrected chi connectivity index (χ3v) is 4.86. The van der Waals surface area contributed by atoms with Gasteiger partial charge in [-0.1, -0.05) is 0 Å². The van der Waals surface area contributed by atoms with Crippen LogP contribution in [-0.4, -0.2) is 46.9 Å². The monoisotopic (exact) mass is 331 g/mol. The molecule has 0 atom stereocenters. The van der Waals surface area contributed by atoms with Crippen molar-refractivity contribution in [2.75, 3.05) is 27.3 Å². The van der Waals surface area contributed by atoms with E-state index in [1.165, 1.54) is 0 Å². The van der Waals surface area contributed by atoms with Crippen LogP contribution in [0.2, 0.25) is 0 Å². The summed E-state index contributed by atoms with van der Waals surface area (Å²) in [6.07, 6.45) is 5.12. The second-order valence-corrected chi connectivity index (χ2v) is 6.36. The van der Waals surface area contributed by atoms with Gasteiger partial charge in [0.15, 0.2) is 0 Å². The van der Waals surface area contributed by atoms with Gasteiger partial charge >= 0.3 is 0 Å². The fourth-order valence-electron chi connectivity index (χ4n) is 3.19. The minimum atomic E-state index is -0.847. The van der Waals surface area contributed by atoms with Crippen molar-refractivity contribution in [3.63, 3.8) is 0 Å². The molecule has 0 unspecified atom stereocenters. The highest BCUT2D eigenvalue weighted by molar-refractivity contribution is 5.41. The Bertz CT molecular complexity index is 668. The van der Waals surface area contributed by atoms with E-state index in [2.05, 4.69) is 9.88 Å². The normalized spacial score (nSPS) is 17.7. The van der Waals surface area contributed by atoms with Crippen LogP contribution in [0.5, 0.6) is 11.5 Å². The highest BCUT2D eigenvalue weighted by Gasteiger charge is 2.35. The Hall–Kier alpha value is -2.05. The molecule has 6 nitrogen and oxygen atoms in total. The Labute approximate surface area is 142 Å². The minimum Gasteiger partial charge on any atom is -0.497 e. The van der Waals surface area contributed by atoms with Gasteiger partial charge in [-0.2, -0.15) is 0 Å². The number of piperidine rings is 1. The van der Waals surface area contributed by atoms with Crippen molar-refractivity contribution in [2.45, 2.75) is 25.0 Å². The first-order valence-corrected chi connectivity index (χ1v) is 8.18. The Morgan fingerprint density at radius 2 is 1.75 bits per heavy atom. The molecule has 6 heteroatoms. The number of methoxy groups -OCH3 is 2. The van der Waals surface area contributed by atoms with Gasteiger partial charge in [-0.3, -0.25) is 4.90 Å². The average molecular weight is 331 g/mol. The number of rotatable bonds is 5. The first-order valence-electron chi connectivity index (χ1n) is 8.18. The van der Waals surface area contributed by atoms with Gasteiger partial charge in [0, 0.05) is 38.6 Å². The van der Waals surface area contributed by atoms with Crippen molar-refractivity contribution in [2.24, 2.45) is 7.05 Å². The van der Waals surface area contributed by atoms with E-state index in [1.54, 1.807) is 14.2 Å². The quantitative estimate of drug-likeness (QED) is 0.907. The van der Waals surface area contributed by atoms with Gasteiger partial charge in [0.25, 0.3) is 0 Å². The zero-order chi connectivity index (χ0) is 17.2. The molecule has 1 saturated heterocycles. The van der Waals surface area contributed by atoms with E-state index in [0.717, 1.165) is 31.0 Å². The van der Waals surface area contributed by atoms with E-state index in [4.69, 9.17) is 9.47 Å². The Balaban J connectivity index is 1.71. The van der Waals surface area contributed by atoms with E-state index >= 15 is 0 Å². The van der Waals surface area contributed by atoms with Gasteiger partial charge < -0.3 is 19.1 Å². The van der Waals surface area contributed by atoms with Crippen LogP contribution < -0.4 is 9.47 Å². The second-order valence-electron chi connectivity index (χ2n) is 6.36. The third-order valence-electron chi connectivity index (χ3n) is 4.86. The zero-order valence-corrected chi connectivity index (χ0v) is 14.5. The number of likely N-dealkylation sites (tertiary alicyclic amines) is 1. The number of aromatic nitrogens is 2. The molecule has 0 spiro atoms. The van der Waals surface area contributed by atoms with Crippen LogP contribution in [0.3, 0.4) is 0 Å². The first kappa shape index (κ1) is 16.8. The van der Waals surface area contributed by atoms with Gasteiger partial charge in [0.2, 0.25) is 0 Å². The summed E-state index contributed by atoms with van der Waals surface area (Å²) in [4.78, 5) is 6.70. The number of aryl methyl sites for hydroxylation is 1. The fourth-order valence-corrected chi connectivity index (χ4v) is 3.19. The summed E-state index contributed by atoms with van der Waals surface area (Å²) in [5.74, 6) is 2.45. The second kappa shape index (κ2) is 6.83. The molecular formula is C18H25N3O3. The molecule has 130 valence electrons. The third kappa shape index (κ3) is 3.39. The lowest BCUT2D eigenvalue weighted by Crippen LogP contribution is -2.42. The molecule has 0 amide bonds. The molecule has 1 aromatic heterocycles. The van der Waals surface area contributed by atoms with Crippen molar-refractivity contribution >= 4 is 0 Å². The SMILES string of the molecule is COc1cc(OC)cc(C2(O)CCN(Cc3nccn3C)CC2)c1. The van der Waals surface area contributed by atoms with Crippen molar-refractivity contribution in [1.29, 1.82) is 0 Å². The molecule has 2 aromatic rings. The summed E-state index contributed by atoms with van der Waals surface area (Å²) >= 11 is 0. The van der Waals surface area contributed by atoms with Crippen molar-refractivity contribution in [1.82, 2.24) is 14.5 Å².